The minimum atomic E-state index is -0.866. The maximum absolute atomic E-state index is 10.9. The van der Waals surface area contributed by atoms with E-state index in [-0.39, 0.29) is 18.2 Å². The minimum Gasteiger partial charge on any atom is -0.493 e. The summed E-state index contributed by atoms with van der Waals surface area (Å²) in [6.07, 6.45) is 1.28. The number of nitrogens with zero attached hydrogens (tertiary/aromatic N) is 1. The molecule has 0 aliphatic carbocycles. The van der Waals surface area contributed by atoms with Crippen LogP contribution in [0.4, 0.5) is 11.4 Å². The summed E-state index contributed by atoms with van der Waals surface area (Å²) in [5.41, 5.74) is 0.490. The second-order valence-corrected chi connectivity index (χ2v) is 4.80. The zero-order valence-corrected chi connectivity index (χ0v) is 12.2. The molecule has 0 amide bonds. The number of ether oxygens (including phenoxy) is 1. The van der Waals surface area contributed by atoms with Gasteiger partial charge in [-0.25, -0.2) is 0 Å². The van der Waals surface area contributed by atoms with Crippen LogP contribution in [0.1, 0.15) is 33.1 Å². The molecule has 0 fully saturated rings. The summed E-state index contributed by atoms with van der Waals surface area (Å²) >= 11 is 0. The lowest BCUT2D eigenvalue weighted by molar-refractivity contribution is -0.384. The van der Waals surface area contributed by atoms with Crippen LogP contribution in [-0.2, 0) is 4.79 Å². The van der Waals surface area contributed by atoms with Crippen LogP contribution in [0, 0.1) is 10.1 Å². The maximum atomic E-state index is 10.9. The monoisotopic (exact) mass is 296 g/mol. The van der Waals surface area contributed by atoms with E-state index >= 15 is 0 Å². The van der Waals surface area contributed by atoms with Crippen LogP contribution >= 0.6 is 0 Å². The molecule has 7 nitrogen and oxygen atoms in total. The van der Waals surface area contributed by atoms with E-state index in [1.807, 2.05) is 13.8 Å². The summed E-state index contributed by atoms with van der Waals surface area (Å²) in [5, 5.41) is 22.6. The first kappa shape index (κ1) is 16.7. The van der Waals surface area contributed by atoms with Crippen LogP contribution in [-0.4, -0.2) is 28.6 Å². The van der Waals surface area contributed by atoms with Gasteiger partial charge in [0.2, 0.25) is 0 Å². The van der Waals surface area contributed by atoms with Gasteiger partial charge in [0, 0.05) is 30.3 Å². The molecule has 0 bridgehead atoms. The Morgan fingerprint density at radius 1 is 1.48 bits per heavy atom. The van der Waals surface area contributed by atoms with Crippen molar-refractivity contribution in [2.24, 2.45) is 0 Å². The number of nitrogens with one attached hydrogen (secondary N) is 1. The second-order valence-electron chi connectivity index (χ2n) is 4.80. The van der Waals surface area contributed by atoms with Crippen molar-refractivity contribution in [1.29, 1.82) is 0 Å². The number of carboxylic acids is 1. The molecule has 1 aromatic rings. The van der Waals surface area contributed by atoms with Crippen molar-refractivity contribution >= 4 is 17.3 Å². The van der Waals surface area contributed by atoms with E-state index in [4.69, 9.17) is 9.84 Å². The molecule has 1 aromatic carbocycles. The molecule has 21 heavy (non-hydrogen) atoms. The SMILES string of the molecule is CCCOc1cc(NC(C)CCC(=O)O)cc([N+](=O)[O-])c1. The Morgan fingerprint density at radius 3 is 2.76 bits per heavy atom. The van der Waals surface area contributed by atoms with Crippen molar-refractivity contribution in [2.45, 2.75) is 39.2 Å². The van der Waals surface area contributed by atoms with E-state index < -0.39 is 10.9 Å². The Balaban J connectivity index is 2.81. The first-order valence-electron chi connectivity index (χ1n) is 6.83. The molecule has 7 heteroatoms. The molecular formula is C14H20N2O5. The van der Waals surface area contributed by atoms with Crippen LogP contribution in [0.15, 0.2) is 18.2 Å². The Kier molecular flexibility index (Phi) is 6.45. The van der Waals surface area contributed by atoms with Crippen LogP contribution in [0.2, 0.25) is 0 Å². The standard InChI is InChI=1S/C14H20N2O5/c1-3-6-21-13-8-11(7-12(9-13)16(19)20)15-10(2)4-5-14(17)18/h7-10,15H,3-6H2,1-2H3,(H,17,18). The zero-order valence-electron chi connectivity index (χ0n) is 12.2. The number of hydrogen-bond acceptors (Lipinski definition) is 5. The molecule has 2 N–H and O–H groups in total. The van der Waals surface area contributed by atoms with Gasteiger partial charge in [-0.3, -0.25) is 14.9 Å². The van der Waals surface area contributed by atoms with Crippen molar-refractivity contribution in [3.8, 4) is 5.75 Å². The number of hydrogen-bond donors (Lipinski definition) is 2. The van der Waals surface area contributed by atoms with Crippen LogP contribution in [0.5, 0.6) is 5.75 Å². The number of aliphatic carboxylic acids is 1. The largest absolute Gasteiger partial charge is 0.493 e. The highest BCUT2D eigenvalue weighted by Crippen LogP contribution is 2.27. The Hall–Kier alpha value is -2.31. The average molecular weight is 296 g/mol. The third kappa shape index (κ3) is 6.11. The van der Waals surface area contributed by atoms with Crippen molar-refractivity contribution in [2.75, 3.05) is 11.9 Å². The van der Waals surface area contributed by atoms with Crippen molar-refractivity contribution in [1.82, 2.24) is 0 Å². The van der Waals surface area contributed by atoms with Gasteiger partial charge in [0.15, 0.2) is 0 Å². The van der Waals surface area contributed by atoms with Gasteiger partial charge < -0.3 is 15.2 Å². The van der Waals surface area contributed by atoms with Gasteiger partial charge in [-0.2, -0.15) is 0 Å². The highest BCUT2D eigenvalue weighted by molar-refractivity contribution is 5.66. The number of anilines is 1. The average Bonchev–Trinajstić information content (AvgIpc) is 2.42. The summed E-state index contributed by atoms with van der Waals surface area (Å²) in [6, 6.07) is 4.36. The van der Waals surface area contributed by atoms with Crippen molar-refractivity contribution in [3.63, 3.8) is 0 Å². The van der Waals surface area contributed by atoms with E-state index in [1.165, 1.54) is 12.1 Å². The fourth-order valence-electron chi connectivity index (χ4n) is 1.77. The second kappa shape index (κ2) is 8.08. The van der Waals surface area contributed by atoms with Crippen molar-refractivity contribution < 1.29 is 19.6 Å². The molecule has 0 radical (unpaired) electrons. The highest BCUT2D eigenvalue weighted by atomic mass is 16.6. The van der Waals surface area contributed by atoms with Gasteiger partial charge in [-0.05, 0) is 19.8 Å². The number of non-ortho nitro benzene ring substituents is 1. The third-order valence-electron chi connectivity index (χ3n) is 2.78. The predicted octanol–water partition coefficient (Wildman–Crippen LogP) is 3.05. The molecule has 0 spiro atoms. The van der Waals surface area contributed by atoms with E-state index in [9.17, 15) is 14.9 Å². The summed E-state index contributed by atoms with van der Waals surface area (Å²) in [6.45, 7) is 4.26. The Morgan fingerprint density at radius 2 is 2.19 bits per heavy atom. The van der Waals surface area contributed by atoms with E-state index in [1.54, 1.807) is 6.07 Å². The lowest BCUT2D eigenvalue weighted by Crippen LogP contribution is -2.16. The maximum Gasteiger partial charge on any atom is 0.303 e. The van der Waals surface area contributed by atoms with Crippen LogP contribution in [0.25, 0.3) is 0 Å². The Bertz CT molecular complexity index is 504. The smallest absolute Gasteiger partial charge is 0.303 e. The summed E-state index contributed by atoms with van der Waals surface area (Å²) in [5.74, 6) is -0.436. The zero-order chi connectivity index (χ0) is 15.8. The van der Waals surface area contributed by atoms with Gasteiger partial charge in [0.05, 0.1) is 17.6 Å². The summed E-state index contributed by atoms with van der Waals surface area (Å²) in [7, 11) is 0. The fourth-order valence-corrected chi connectivity index (χ4v) is 1.77. The van der Waals surface area contributed by atoms with E-state index in [0.717, 1.165) is 6.42 Å². The number of carboxylic acid groups (broad SMARTS) is 1. The minimum absolute atomic E-state index is 0.0439. The van der Waals surface area contributed by atoms with Crippen LogP contribution < -0.4 is 10.1 Å². The van der Waals surface area contributed by atoms with Gasteiger partial charge in [-0.1, -0.05) is 6.92 Å². The molecule has 1 rings (SSSR count). The molecule has 116 valence electrons. The van der Waals surface area contributed by atoms with Gasteiger partial charge >= 0.3 is 5.97 Å². The lowest BCUT2D eigenvalue weighted by Gasteiger charge is -2.15. The molecule has 0 aliphatic rings. The number of nitro groups is 1. The normalized spacial score (nSPS) is 11.7. The Labute approximate surface area is 123 Å². The van der Waals surface area contributed by atoms with E-state index in [0.29, 0.717) is 24.5 Å². The van der Waals surface area contributed by atoms with Crippen molar-refractivity contribution in [3.05, 3.63) is 28.3 Å². The quantitative estimate of drug-likeness (QED) is 0.536. The number of rotatable bonds is 9. The first-order chi connectivity index (χ1) is 9.92. The molecule has 0 aromatic heterocycles. The van der Waals surface area contributed by atoms with Gasteiger partial charge in [0.25, 0.3) is 5.69 Å². The predicted molar refractivity (Wildman–Crippen MR) is 78.8 cm³/mol. The first-order valence-corrected chi connectivity index (χ1v) is 6.83. The molecule has 0 saturated heterocycles. The lowest BCUT2D eigenvalue weighted by atomic mass is 10.1. The molecule has 1 unspecified atom stereocenters. The molecule has 0 saturated carbocycles. The fraction of sp³-hybridized carbons (Fsp3) is 0.500. The summed E-state index contributed by atoms with van der Waals surface area (Å²) in [4.78, 5) is 21.0. The topological polar surface area (TPSA) is 102 Å². The number of benzene rings is 1. The molecule has 0 aliphatic heterocycles. The van der Waals surface area contributed by atoms with E-state index in [2.05, 4.69) is 5.32 Å². The van der Waals surface area contributed by atoms with Crippen LogP contribution in [0.3, 0.4) is 0 Å². The van der Waals surface area contributed by atoms with Gasteiger partial charge in [-0.15, -0.1) is 0 Å². The number of carbonyl (C=O) groups is 1. The third-order valence-corrected chi connectivity index (χ3v) is 2.78. The highest BCUT2D eigenvalue weighted by Gasteiger charge is 2.12. The molecule has 1 atom stereocenters. The molecule has 0 heterocycles. The van der Waals surface area contributed by atoms with Gasteiger partial charge in [0.1, 0.15) is 5.75 Å². The number of nitro benzene ring substituents is 1. The molecular weight excluding hydrogens is 276 g/mol. The summed E-state index contributed by atoms with van der Waals surface area (Å²) < 4.78 is 5.43.